The molecule has 0 aliphatic rings. The van der Waals surface area contributed by atoms with Crippen molar-refractivity contribution in [2.24, 2.45) is 0 Å². The Morgan fingerprint density at radius 1 is 1.05 bits per heavy atom. The summed E-state index contributed by atoms with van der Waals surface area (Å²) in [6, 6.07) is 12.8. The van der Waals surface area contributed by atoms with E-state index in [4.69, 9.17) is 16.3 Å². The van der Waals surface area contributed by atoms with Gasteiger partial charge < -0.3 is 19.9 Å². The van der Waals surface area contributed by atoms with Crippen molar-refractivity contribution in [2.45, 2.75) is 65.8 Å². The number of carbonyl (C=O) groups excluding carboxylic acids is 2. The molecule has 2 aromatic heterocycles. The van der Waals surface area contributed by atoms with Gasteiger partial charge in [-0.1, -0.05) is 23.7 Å². The molecule has 0 bridgehead atoms. The number of benzene rings is 1. The molecule has 0 unspecified atom stereocenters. The summed E-state index contributed by atoms with van der Waals surface area (Å²) >= 11 is 6.17. The van der Waals surface area contributed by atoms with Crippen LogP contribution in [0.3, 0.4) is 0 Å². The first kappa shape index (κ1) is 27.9. The third kappa shape index (κ3) is 8.75. The van der Waals surface area contributed by atoms with E-state index >= 15 is 0 Å². The van der Waals surface area contributed by atoms with Crippen LogP contribution in [-0.2, 0) is 42.0 Å². The number of aryl methyl sites for hydroxylation is 3. The summed E-state index contributed by atoms with van der Waals surface area (Å²) in [6.45, 7) is 8.09. The molecule has 0 saturated heterocycles. The second-order valence-electron chi connectivity index (χ2n) is 9.77. The molecule has 3 aromatic rings. The molecule has 0 radical (unpaired) electrons. The van der Waals surface area contributed by atoms with E-state index in [1.165, 1.54) is 0 Å². The number of hydrogen-bond donors (Lipinski definition) is 2. The van der Waals surface area contributed by atoms with Crippen molar-refractivity contribution in [3.63, 3.8) is 0 Å². The van der Waals surface area contributed by atoms with Gasteiger partial charge in [-0.15, -0.1) is 0 Å². The van der Waals surface area contributed by atoms with Crippen molar-refractivity contribution in [3.8, 4) is 0 Å². The molecule has 196 valence electrons. The van der Waals surface area contributed by atoms with Crippen LogP contribution in [0.1, 0.15) is 48.7 Å². The predicted molar refractivity (Wildman–Crippen MR) is 143 cm³/mol. The van der Waals surface area contributed by atoms with E-state index in [0.717, 1.165) is 22.4 Å². The smallest absolute Gasteiger partial charge is 0.407 e. The van der Waals surface area contributed by atoms with Crippen molar-refractivity contribution in [2.75, 3.05) is 0 Å². The summed E-state index contributed by atoms with van der Waals surface area (Å²) in [7, 11) is 0. The highest BCUT2D eigenvalue weighted by Crippen LogP contribution is 2.17. The zero-order chi connectivity index (χ0) is 27.0. The van der Waals surface area contributed by atoms with Crippen LogP contribution in [0.15, 0.2) is 59.7 Å². The van der Waals surface area contributed by atoms with Crippen LogP contribution in [0.4, 0.5) is 4.79 Å². The lowest BCUT2D eigenvalue weighted by Gasteiger charge is -2.20. The van der Waals surface area contributed by atoms with E-state index in [1.54, 1.807) is 55.9 Å². The zero-order valence-corrected chi connectivity index (χ0v) is 22.4. The molecular weight excluding hydrogens is 492 g/mol. The quantitative estimate of drug-likeness (QED) is 0.433. The van der Waals surface area contributed by atoms with Crippen molar-refractivity contribution >= 4 is 23.6 Å². The summed E-state index contributed by atoms with van der Waals surface area (Å²) in [5.74, 6) is -0.284. The number of alkyl carbamates (subject to hydrolysis) is 1. The summed E-state index contributed by atoms with van der Waals surface area (Å²) in [5, 5.41) is 6.11. The monoisotopic (exact) mass is 524 g/mol. The van der Waals surface area contributed by atoms with Gasteiger partial charge in [-0.25, -0.2) is 4.79 Å². The van der Waals surface area contributed by atoms with Gasteiger partial charge in [-0.3, -0.25) is 14.6 Å². The summed E-state index contributed by atoms with van der Waals surface area (Å²) < 4.78 is 6.89. The SMILES string of the molecule is Cc1ccn(CCc2ccccn2)c(=O)c1CC(=O)NCc1cc(Cl)ccc1CNC(=O)OC(C)(C)C. The van der Waals surface area contributed by atoms with Gasteiger partial charge in [0, 0.05) is 54.7 Å². The third-order valence-electron chi connectivity index (χ3n) is 5.64. The third-order valence-corrected chi connectivity index (χ3v) is 5.87. The Kier molecular flexibility index (Phi) is 9.47. The fourth-order valence-corrected chi connectivity index (χ4v) is 3.91. The Labute approximate surface area is 222 Å². The number of amides is 2. The largest absolute Gasteiger partial charge is 0.444 e. The van der Waals surface area contributed by atoms with Crippen molar-refractivity contribution < 1.29 is 14.3 Å². The Morgan fingerprint density at radius 2 is 1.81 bits per heavy atom. The molecule has 2 amide bonds. The Morgan fingerprint density at radius 3 is 2.51 bits per heavy atom. The number of hydrogen-bond acceptors (Lipinski definition) is 5. The van der Waals surface area contributed by atoms with Gasteiger partial charge in [0.25, 0.3) is 5.56 Å². The minimum atomic E-state index is -0.604. The number of halogens is 1. The van der Waals surface area contributed by atoms with E-state index in [0.29, 0.717) is 23.6 Å². The number of nitrogens with one attached hydrogen (secondary N) is 2. The Hall–Kier alpha value is -3.65. The first-order valence-corrected chi connectivity index (χ1v) is 12.5. The average molecular weight is 525 g/mol. The van der Waals surface area contributed by atoms with E-state index < -0.39 is 11.7 Å². The van der Waals surface area contributed by atoms with E-state index in [2.05, 4.69) is 15.6 Å². The number of nitrogens with zero attached hydrogens (tertiary/aromatic N) is 2. The van der Waals surface area contributed by atoms with Crippen molar-refractivity contribution in [1.82, 2.24) is 20.2 Å². The van der Waals surface area contributed by atoms with Gasteiger partial charge >= 0.3 is 6.09 Å². The average Bonchev–Trinajstić information content (AvgIpc) is 2.84. The number of ether oxygens (including phenoxy) is 1. The maximum atomic E-state index is 13.1. The molecule has 9 heteroatoms. The molecule has 1 aromatic carbocycles. The molecule has 0 aliphatic carbocycles. The van der Waals surface area contributed by atoms with Gasteiger partial charge in [-0.2, -0.15) is 0 Å². The van der Waals surface area contributed by atoms with E-state index in [-0.39, 0.29) is 31.0 Å². The standard InChI is InChI=1S/C28H33ClN4O4/c1-19-10-13-33(14-11-23-7-5-6-12-30-23)26(35)24(19)16-25(34)31-18-21-15-22(29)9-8-20(21)17-32-27(36)37-28(2,3)4/h5-10,12-13,15H,11,14,16-18H2,1-4H3,(H,31,34)(H,32,36). The highest BCUT2D eigenvalue weighted by atomic mass is 35.5. The second kappa shape index (κ2) is 12.5. The fourth-order valence-electron chi connectivity index (χ4n) is 3.71. The lowest BCUT2D eigenvalue weighted by Crippen LogP contribution is -2.33. The molecule has 2 N–H and O–H groups in total. The van der Waals surface area contributed by atoms with Gasteiger partial charge in [0.05, 0.1) is 6.42 Å². The Balaban J connectivity index is 1.63. The van der Waals surface area contributed by atoms with Crippen LogP contribution < -0.4 is 16.2 Å². The fraction of sp³-hybridized carbons (Fsp3) is 0.357. The van der Waals surface area contributed by atoms with Gasteiger partial charge in [0.1, 0.15) is 5.60 Å². The van der Waals surface area contributed by atoms with Crippen LogP contribution in [0.25, 0.3) is 0 Å². The van der Waals surface area contributed by atoms with Crippen molar-refractivity contribution in [3.05, 3.63) is 98.2 Å². The van der Waals surface area contributed by atoms with Crippen LogP contribution in [-0.4, -0.2) is 27.2 Å². The minimum absolute atomic E-state index is 0.0405. The molecular formula is C28H33ClN4O4. The summed E-state index contributed by atoms with van der Waals surface area (Å²) in [5.41, 5.74) is 2.88. The first-order chi connectivity index (χ1) is 17.5. The van der Waals surface area contributed by atoms with Crippen molar-refractivity contribution in [1.29, 1.82) is 0 Å². The number of pyridine rings is 2. The maximum absolute atomic E-state index is 13.1. The van der Waals surface area contributed by atoms with Crippen LogP contribution >= 0.6 is 11.6 Å². The lowest BCUT2D eigenvalue weighted by molar-refractivity contribution is -0.120. The molecule has 0 fully saturated rings. The second-order valence-corrected chi connectivity index (χ2v) is 10.2. The van der Waals surface area contributed by atoms with Gasteiger partial charge in [0.2, 0.25) is 5.91 Å². The molecule has 0 aliphatic heterocycles. The highest BCUT2D eigenvalue weighted by Gasteiger charge is 2.17. The van der Waals surface area contributed by atoms with Crippen LogP contribution in [0.2, 0.25) is 5.02 Å². The lowest BCUT2D eigenvalue weighted by atomic mass is 10.1. The Bertz CT molecular complexity index is 1300. The van der Waals surface area contributed by atoms with Crippen LogP contribution in [0.5, 0.6) is 0 Å². The topological polar surface area (TPSA) is 102 Å². The molecule has 3 rings (SSSR count). The molecule has 2 heterocycles. The molecule has 0 spiro atoms. The molecule has 0 saturated carbocycles. The van der Waals surface area contributed by atoms with E-state index in [9.17, 15) is 14.4 Å². The number of aromatic nitrogens is 2. The predicted octanol–water partition coefficient (Wildman–Crippen LogP) is 4.33. The first-order valence-electron chi connectivity index (χ1n) is 12.1. The zero-order valence-electron chi connectivity index (χ0n) is 21.6. The molecule has 0 atom stereocenters. The summed E-state index contributed by atoms with van der Waals surface area (Å²) in [6.07, 6.45) is 3.52. The maximum Gasteiger partial charge on any atom is 0.407 e. The number of rotatable bonds is 9. The highest BCUT2D eigenvalue weighted by molar-refractivity contribution is 6.30. The molecule has 37 heavy (non-hydrogen) atoms. The van der Waals surface area contributed by atoms with Gasteiger partial charge in [-0.05, 0) is 74.7 Å². The van der Waals surface area contributed by atoms with E-state index in [1.807, 2.05) is 31.2 Å². The summed E-state index contributed by atoms with van der Waals surface area (Å²) in [4.78, 5) is 42.2. The van der Waals surface area contributed by atoms with Gasteiger partial charge in [0.15, 0.2) is 0 Å². The minimum Gasteiger partial charge on any atom is -0.444 e. The van der Waals surface area contributed by atoms with Crippen LogP contribution in [0, 0.1) is 6.92 Å². The molecule has 8 nitrogen and oxygen atoms in total. The number of carbonyl (C=O) groups is 2. The normalized spacial score (nSPS) is 11.2.